The number of rotatable bonds is 10. The number of carbonyl (C=O) groups excluding carboxylic acids is 1. The van der Waals surface area contributed by atoms with Gasteiger partial charge in [0.15, 0.2) is 17.5 Å². The zero-order chi connectivity index (χ0) is 26.5. The molecule has 1 aromatic carbocycles. The Balaban J connectivity index is 1.85. The van der Waals surface area contributed by atoms with Gasteiger partial charge in [-0.2, -0.15) is 13.2 Å². The molecule has 1 amide bonds. The minimum atomic E-state index is -5.45. The lowest BCUT2D eigenvalue weighted by Crippen LogP contribution is -2.59. The molecule has 15 heteroatoms. The first-order valence-electron chi connectivity index (χ1n) is 9.96. The highest BCUT2D eigenvalue weighted by atomic mass is 19.4. The number of primary amides is 1. The highest BCUT2D eigenvalue weighted by molar-refractivity contribution is 6.07. The van der Waals surface area contributed by atoms with E-state index in [-0.39, 0.29) is 17.9 Å². The molecule has 3 rings (SSSR count). The van der Waals surface area contributed by atoms with E-state index in [0.717, 1.165) is 6.08 Å². The first-order chi connectivity index (χ1) is 16.9. The van der Waals surface area contributed by atoms with Crippen molar-refractivity contribution in [3.05, 3.63) is 77.6 Å². The molecule has 10 nitrogen and oxygen atoms in total. The molecule has 0 bridgehead atoms. The molecule has 3 aromatic rings. The number of allylic oxidation sites excluding steroid dienone is 1. The lowest BCUT2D eigenvalue weighted by atomic mass is 10.0. The molecule has 1 atom stereocenters. The van der Waals surface area contributed by atoms with E-state index in [0.29, 0.717) is 11.8 Å². The summed E-state index contributed by atoms with van der Waals surface area (Å²) in [5, 5.41) is 26.4. The molecule has 0 spiro atoms. The Hall–Kier alpha value is -4.40. The molecule has 0 radical (unpaired) electrons. The second-order valence-corrected chi connectivity index (χ2v) is 7.27. The summed E-state index contributed by atoms with van der Waals surface area (Å²) in [6.45, 7) is -1.56. The van der Waals surface area contributed by atoms with E-state index in [1.54, 1.807) is 6.07 Å². The maximum Gasteiger partial charge on any atom is 0.428 e. The molecule has 2 heterocycles. The third-order valence-electron chi connectivity index (χ3n) is 4.80. The molecule has 0 saturated carbocycles. The van der Waals surface area contributed by atoms with Gasteiger partial charge in [-0.1, -0.05) is 23.4 Å². The molecule has 0 fully saturated rings. The van der Waals surface area contributed by atoms with Gasteiger partial charge >= 0.3 is 6.18 Å². The van der Waals surface area contributed by atoms with Gasteiger partial charge in [-0.15, -0.1) is 0 Å². The van der Waals surface area contributed by atoms with Gasteiger partial charge in [0.1, 0.15) is 23.5 Å². The van der Waals surface area contributed by atoms with E-state index in [9.17, 15) is 31.9 Å². The molecular weight excluding hydrogens is 493 g/mol. The number of nitrogens with zero attached hydrogens (tertiary/aromatic N) is 3. The lowest BCUT2D eigenvalue weighted by molar-refractivity contribution is -0.245. The van der Waals surface area contributed by atoms with Crippen LogP contribution in [0.1, 0.15) is 17.1 Å². The van der Waals surface area contributed by atoms with E-state index in [1.165, 1.54) is 30.5 Å². The van der Waals surface area contributed by atoms with Crippen molar-refractivity contribution in [2.45, 2.75) is 18.3 Å². The van der Waals surface area contributed by atoms with Gasteiger partial charge in [-0.25, -0.2) is 18.7 Å². The number of benzene rings is 1. The van der Waals surface area contributed by atoms with Gasteiger partial charge in [0.2, 0.25) is 0 Å². The normalized spacial score (nSPS) is 13.7. The molecule has 1 unspecified atom stereocenters. The maximum absolute atomic E-state index is 14.1. The lowest BCUT2D eigenvalue weighted by Gasteiger charge is -2.27. The molecule has 6 N–H and O–H groups in total. The highest BCUT2D eigenvalue weighted by Gasteiger charge is 2.58. The number of halogens is 5. The second-order valence-electron chi connectivity index (χ2n) is 7.27. The predicted octanol–water partition coefficient (Wildman–Crippen LogP) is 2.13. The summed E-state index contributed by atoms with van der Waals surface area (Å²) in [4.78, 5) is 18.5. The van der Waals surface area contributed by atoms with E-state index >= 15 is 0 Å². The number of nitrogens with one attached hydrogen (secondary N) is 3. The number of anilines is 1. The molecule has 0 aliphatic rings. The smallest absolute Gasteiger partial charge is 0.379 e. The Bertz CT molecular complexity index is 1280. The number of aliphatic hydroxyl groups is 1. The quantitative estimate of drug-likeness (QED) is 0.204. The summed E-state index contributed by atoms with van der Waals surface area (Å²) < 4.78 is 72.0. The predicted molar refractivity (Wildman–Crippen MR) is 115 cm³/mol. The minimum Gasteiger partial charge on any atom is -0.379 e. The molecule has 190 valence electrons. The fourth-order valence-corrected chi connectivity index (χ4v) is 2.77. The summed E-state index contributed by atoms with van der Waals surface area (Å²) in [6, 6.07) is 7.37. The van der Waals surface area contributed by atoms with Crippen molar-refractivity contribution >= 4 is 23.1 Å². The van der Waals surface area contributed by atoms with Gasteiger partial charge in [0.05, 0.1) is 18.4 Å². The maximum atomic E-state index is 14.1. The highest BCUT2D eigenvalue weighted by Crippen LogP contribution is 2.30. The summed E-state index contributed by atoms with van der Waals surface area (Å²) in [5.74, 6) is -5.08. The Morgan fingerprint density at radius 3 is 2.53 bits per heavy atom. The van der Waals surface area contributed by atoms with Crippen molar-refractivity contribution < 1.29 is 36.4 Å². The van der Waals surface area contributed by atoms with E-state index in [4.69, 9.17) is 9.93 Å². The van der Waals surface area contributed by atoms with E-state index in [2.05, 4.69) is 26.2 Å². The van der Waals surface area contributed by atoms with Crippen molar-refractivity contribution in [1.29, 1.82) is 5.41 Å². The van der Waals surface area contributed by atoms with Crippen molar-refractivity contribution in [1.82, 2.24) is 20.4 Å². The fraction of sp³-hybridized carbons (Fsp3) is 0.190. The van der Waals surface area contributed by atoms with Crippen LogP contribution in [0.2, 0.25) is 0 Å². The van der Waals surface area contributed by atoms with Crippen LogP contribution >= 0.6 is 0 Å². The van der Waals surface area contributed by atoms with Crippen LogP contribution < -0.4 is 16.4 Å². The monoisotopic (exact) mass is 511 g/mol. The Morgan fingerprint density at radius 1 is 1.19 bits per heavy atom. The average molecular weight is 511 g/mol. The molecule has 2 aromatic heterocycles. The fourth-order valence-electron chi connectivity index (χ4n) is 2.77. The van der Waals surface area contributed by atoms with Gasteiger partial charge in [0, 0.05) is 18.2 Å². The number of amides is 1. The zero-order valence-electron chi connectivity index (χ0n) is 18.1. The van der Waals surface area contributed by atoms with E-state index < -0.39 is 53.2 Å². The molecule has 36 heavy (non-hydrogen) atoms. The number of carbonyl (C=O) groups is 1. The van der Waals surface area contributed by atoms with Crippen LogP contribution in [0.15, 0.2) is 53.4 Å². The van der Waals surface area contributed by atoms with Gasteiger partial charge in [-0.3, -0.25) is 10.2 Å². The molecule has 0 aliphatic carbocycles. The van der Waals surface area contributed by atoms with Crippen molar-refractivity contribution in [3.63, 3.8) is 0 Å². The largest absolute Gasteiger partial charge is 0.428 e. The average Bonchev–Trinajstić information content (AvgIpc) is 3.35. The minimum absolute atomic E-state index is 0.0150. The van der Waals surface area contributed by atoms with Crippen LogP contribution in [-0.2, 0) is 11.3 Å². The third-order valence-corrected chi connectivity index (χ3v) is 4.80. The van der Waals surface area contributed by atoms with E-state index in [1.807, 2.05) is 5.32 Å². The Kier molecular flexibility index (Phi) is 7.62. The number of nitrogens with two attached hydrogens (primary N) is 1. The Morgan fingerprint density at radius 2 is 1.92 bits per heavy atom. The third kappa shape index (κ3) is 5.80. The van der Waals surface area contributed by atoms with Crippen molar-refractivity contribution in [3.8, 4) is 0 Å². The number of alkyl halides is 3. The standard InChI is InChI=1S/C21H18F5N7O3/c22-12-4-2-1-3-11(12)8-29-16(15-5-6-36-33-15)7-14(27)18-30-9-13(23)17(32-18)31-10-20(35,19(28)34)21(24,25)26/h1-7,9,27,29,35H,8,10H2,(H2,28,34)(H,30,31,32)/b16-7-,27-14?. The van der Waals surface area contributed by atoms with Crippen molar-refractivity contribution in [2.24, 2.45) is 5.73 Å². The van der Waals surface area contributed by atoms with Gasteiger partial charge in [-0.05, 0) is 12.1 Å². The van der Waals surface area contributed by atoms with Gasteiger partial charge < -0.3 is 26.0 Å². The van der Waals surface area contributed by atoms with Crippen LogP contribution in [0.3, 0.4) is 0 Å². The molecule has 0 saturated heterocycles. The summed E-state index contributed by atoms with van der Waals surface area (Å²) in [6.07, 6.45) is -2.48. The summed E-state index contributed by atoms with van der Waals surface area (Å²) in [7, 11) is 0. The topological polar surface area (TPSA) is 163 Å². The van der Waals surface area contributed by atoms with Crippen LogP contribution in [0, 0.1) is 17.0 Å². The first-order valence-corrected chi connectivity index (χ1v) is 9.96. The van der Waals surface area contributed by atoms with Crippen LogP contribution in [0.4, 0.5) is 27.8 Å². The molecular formula is C21H18F5N7O3. The SMILES string of the molecule is N=C(/C=C(\NCc1ccccc1F)c1ccon1)c1ncc(F)c(NCC(O)(C(N)=O)C(F)(F)F)n1. The number of aromatic nitrogens is 3. The van der Waals surface area contributed by atoms with Crippen LogP contribution in [0.5, 0.6) is 0 Å². The molecule has 0 aliphatic heterocycles. The zero-order valence-corrected chi connectivity index (χ0v) is 18.1. The van der Waals surface area contributed by atoms with Crippen molar-refractivity contribution in [2.75, 3.05) is 11.9 Å². The van der Waals surface area contributed by atoms with Crippen LogP contribution in [0.25, 0.3) is 5.70 Å². The summed E-state index contributed by atoms with van der Waals surface area (Å²) in [5.41, 5.74) is 0.888. The first kappa shape index (κ1) is 26.2. The summed E-state index contributed by atoms with van der Waals surface area (Å²) >= 11 is 0. The Labute approximate surface area is 199 Å². The second kappa shape index (κ2) is 10.5. The van der Waals surface area contributed by atoms with Gasteiger partial charge in [0.25, 0.3) is 11.5 Å². The van der Waals surface area contributed by atoms with Crippen LogP contribution in [-0.4, -0.2) is 50.2 Å². The number of hydrogen-bond donors (Lipinski definition) is 5. The number of hydrogen-bond acceptors (Lipinski definition) is 9.